The van der Waals surface area contributed by atoms with Crippen LogP contribution in [0.2, 0.25) is 0 Å². The minimum atomic E-state index is -4.57. The highest BCUT2D eigenvalue weighted by atomic mass is 32.2. The van der Waals surface area contributed by atoms with Crippen molar-refractivity contribution in [3.63, 3.8) is 0 Å². The molecule has 0 spiro atoms. The zero-order valence-corrected chi connectivity index (χ0v) is 15.9. The molecule has 0 heterocycles. The monoisotopic (exact) mass is 408 g/mol. The molecule has 2 unspecified atom stereocenters. The molecule has 8 heteroatoms. The summed E-state index contributed by atoms with van der Waals surface area (Å²) in [6.07, 6.45) is 4.84. The van der Waals surface area contributed by atoms with Crippen LogP contribution in [0.15, 0.2) is 72.8 Å². The Morgan fingerprint density at radius 1 is 0.667 bits per heavy atom. The summed E-state index contributed by atoms with van der Waals surface area (Å²) in [6.45, 7) is 0. The van der Waals surface area contributed by atoms with Crippen molar-refractivity contribution in [1.82, 2.24) is 0 Å². The Balaban J connectivity index is 2.28. The largest absolute Gasteiger partial charge is 0.285 e. The van der Waals surface area contributed by atoms with E-state index in [1.165, 1.54) is 24.3 Å². The van der Waals surface area contributed by atoms with Crippen LogP contribution >= 0.6 is 0 Å². The quantitative estimate of drug-likeness (QED) is 0.649. The highest BCUT2D eigenvalue weighted by Crippen LogP contribution is 2.18. The molecule has 0 saturated carbocycles. The Morgan fingerprint density at radius 2 is 1.00 bits per heavy atom. The standard InChI is InChI=1S/C19H20O6S2/c20-26(21,22)18(13-11-16-7-3-1-4-8-16)15-19(27(23,24)25)14-12-17-9-5-2-6-10-17/h1-14,18-19H,15H2,(H,20,21,22)(H,23,24,25). The summed E-state index contributed by atoms with van der Waals surface area (Å²) < 4.78 is 65.7. The van der Waals surface area contributed by atoms with Gasteiger partial charge in [-0.2, -0.15) is 16.8 Å². The zero-order valence-electron chi connectivity index (χ0n) is 14.3. The smallest absolute Gasteiger partial charge is 0.271 e. The summed E-state index contributed by atoms with van der Waals surface area (Å²) in [5, 5.41) is -2.99. The Bertz CT molecular complexity index is 911. The fourth-order valence-electron chi connectivity index (χ4n) is 2.39. The van der Waals surface area contributed by atoms with Crippen molar-refractivity contribution in [3.05, 3.63) is 83.9 Å². The van der Waals surface area contributed by atoms with E-state index in [2.05, 4.69) is 0 Å². The van der Waals surface area contributed by atoms with E-state index in [-0.39, 0.29) is 0 Å². The summed E-state index contributed by atoms with van der Waals surface area (Å²) >= 11 is 0. The van der Waals surface area contributed by atoms with Crippen LogP contribution in [0.1, 0.15) is 17.5 Å². The molecule has 0 amide bonds. The molecule has 0 fully saturated rings. The van der Waals surface area contributed by atoms with Crippen molar-refractivity contribution in [1.29, 1.82) is 0 Å². The second kappa shape index (κ2) is 9.09. The lowest BCUT2D eigenvalue weighted by Gasteiger charge is -2.15. The Kier molecular flexibility index (Phi) is 7.09. The molecule has 2 N–H and O–H groups in total. The van der Waals surface area contributed by atoms with Crippen molar-refractivity contribution in [3.8, 4) is 0 Å². The number of rotatable bonds is 8. The van der Waals surface area contributed by atoms with Gasteiger partial charge in [0.05, 0.1) is 0 Å². The van der Waals surface area contributed by atoms with Crippen molar-refractivity contribution in [2.24, 2.45) is 0 Å². The van der Waals surface area contributed by atoms with E-state index in [0.29, 0.717) is 11.1 Å². The summed E-state index contributed by atoms with van der Waals surface area (Å²) in [6, 6.07) is 17.5. The van der Waals surface area contributed by atoms with Gasteiger partial charge in [0.2, 0.25) is 0 Å². The predicted octanol–water partition coefficient (Wildman–Crippen LogP) is 3.32. The maximum Gasteiger partial charge on any atom is 0.271 e. The van der Waals surface area contributed by atoms with Crippen molar-refractivity contribution in [2.75, 3.05) is 0 Å². The molecule has 27 heavy (non-hydrogen) atoms. The fourth-order valence-corrected chi connectivity index (χ4v) is 3.97. The molecule has 0 saturated heterocycles. The average molecular weight is 408 g/mol. The third-order valence-electron chi connectivity index (χ3n) is 3.84. The highest BCUT2D eigenvalue weighted by Gasteiger charge is 2.29. The molecular formula is C19H20O6S2. The molecule has 2 aromatic carbocycles. The van der Waals surface area contributed by atoms with Crippen LogP contribution in [0.5, 0.6) is 0 Å². The van der Waals surface area contributed by atoms with Gasteiger partial charge >= 0.3 is 0 Å². The first-order chi connectivity index (χ1) is 12.7. The summed E-state index contributed by atoms with van der Waals surface area (Å²) in [4.78, 5) is 0. The van der Waals surface area contributed by atoms with Gasteiger partial charge in [-0.1, -0.05) is 85.0 Å². The number of hydrogen-bond donors (Lipinski definition) is 2. The first kappa shape index (κ1) is 21.0. The van der Waals surface area contributed by atoms with Crippen LogP contribution in [-0.4, -0.2) is 36.4 Å². The van der Waals surface area contributed by atoms with Crippen LogP contribution in [0.3, 0.4) is 0 Å². The van der Waals surface area contributed by atoms with Gasteiger partial charge in [0.25, 0.3) is 20.2 Å². The van der Waals surface area contributed by atoms with Gasteiger partial charge in [0.1, 0.15) is 10.5 Å². The first-order valence-corrected chi connectivity index (χ1v) is 11.1. The molecule has 2 aromatic rings. The second-order valence-electron chi connectivity index (χ2n) is 5.88. The molecule has 0 aliphatic rings. The average Bonchev–Trinajstić information content (AvgIpc) is 2.60. The molecule has 0 radical (unpaired) electrons. The first-order valence-electron chi connectivity index (χ1n) is 8.05. The van der Waals surface area contributed by atoms with Gasteiger partial charge in [0.15, 0.2) is 0 Å². The zero-order chi connectivity index (χ0) is 19.9. The number of benzene rings is 2. The lowest BCUT2D eigenvalue weighted by Crippen LogP contribution is -2.28. The third-order valence-corrected chi connectivity index (χ3v) is 6.07. The Labute approximate surface area is 159 Å². The maximum atomic E-state index is 11.7. The number of hydrogen-bond acceptors (Lipinski definition) is 4. The van der Waals surface area contributed by atoms with Crippen LogP contribution in [0.4, 0.5) is 0 Å². The van der Waals surface area contributed by atoms with Gasteiger partial charge in [0, 0.05) is 0 Å². The normalized spacial score (nSPS) is 15.2. The molecule has 2 rings (SSSR count). The van der Waals surface area contributed by atoms with E-state index in [4.69, 9.17) is 0 Å². The van der Waals surface area contributed by atoms with Crippen LogP contribution < -0.4 is 0 Å². The summed E-state index contributed by atoms with van der Waals surface area (Å²) in [5.74, 6) is 0. The van der Waals surface area contributed by atoms with Crippen LogP contribution in [0.25, 0.3) is 12.2 Å². The molecule has 0 aliphatic carbocycles. The molecule has 0 bridgehead atoms. The summed E-state index contributed by atoms with van der Waals surface area (Å²) in [5.41, 5.74) is 1.38. The van der Waals surface area contributed by atoms with E-state index in [1.807, 2.05) is 0 Å². The minimum absolute atomic E-state index is 0.523. The van der Waals surface area contributed by atoms with E-state index in [9.17, 15) is 25.9 Å². The highest BCUT2D eigenvalue weighted by molar-refractivity contribution is 7.87. The molecule has 6 nitrogen and oxygen atoms in total. The molecule has 0 aromatic heterocycles. The maximum absolute atomic E-state index is 11.7. The van der Waals surface area contributed by atoms with Gasteiger partial charge in [-0.25, -0.2) is 0 Å². The summed E-state index contributed by atoms with van der Waals surface area (Å²) in [7, 11) is -9.14. The second-order valence-corrected chi connectivity index (χ2v) is 9.15. The van der Waals surface area contributed by atoms with E-state index in [1.54, 1.807) is 60.7 Å². The molecular weight excluding hydrogens is 388 g/mol. The SMILES string of the molecule is O=S(=O)(O)C(C=Cc1ccccc1)CC(C=Cc1ccccc1)S(=O)(=O)O. The van der Waals surface area contributed by atoms with Gasteiger partial charge < -0.3 is 0 Å². The lowest BCUT2D eigenvalue weighted by atomic mass is 10.1. The Hall–Kier alpha value is -2.26. The fraction of sp³-hybridized carbons (Fsp3) is 0.158. The van der Waals surface area contributed by atoms with E-state index in [0.717, 1.165) is 0 Å². The molecule has 144 valence electrons. The van der Waals surface area contributed by atoms with Crippen LogP contribution in [0, 0.1) is 0 Å². The molecule has 0 aliphatic heterocycles. The van der Waals surface area contributed by atoms with Gasteiger partial charge in [-0.15, -0.1) is 0 Å². The van der Waals surface area contributed by atoms with Gasteiger partial charge in [-0.3, -0.25) is 9.11 Å². The lowest BCUT2D eigenvalue weighted by molar-refractivity contribution is 0.462. The Morgan fingerprint density at radius 3 is 1.30 bits per heavy atom. The van der Waals surface area contributed by atoms with Crippen molar-refractivity contribution in [2.45, 2.75) is 16.9 Å². The van der Waals surface area contributed by atoms with Crippen LogP contribution in [-0.2, 0) is 20.2 Å². The van der Waals surface area contributed by atoms with Gasteiger partial charge in [-0.05, 0) is 17.5 Å². The topological polar surface area (TPSA) is 109 Å². The molecule has 2 atom stereocenters. The third kappa shape index (κ3) is 7.10. The van der Waals surface area contributed by atoms with E-state index < -0.39 is 37.2 Å². The predicted molar refractivity (Wildman–Crippen MR) is 106 cm³/mol. The van der Waals surface area contributed by atoms with Crippen molar-refractivity contribution >= 4 is 32.4 Å². The van der Waals surface area contributed by atoms with E-state index >= 15 is 0 Å². The minimum Gasteiger partial charge on any atom is -0.285 e. The van der Waals surface area contributed by atoms with Crippen molar-refractivity contribution < 1.29 is 25.9 Å².